The molecule has 90 valence electrons. The van der Waals surface area contributed by atoms with Crippen LogP contribution in [0, 0.1) is 11.3 Å². The van der Waals surface area contributed by atoms with Crippen molar-refractivity contribution < 1.29 is 9.53 Å². The first-order valence-corrected chi connectivity index (χ1v) is 5.51. The lowest BCUT2D eigenvalue weighted by atomic mass is 9.92. The van der Waals surface area contributed by atoms with E-state index in [-0.39, 0.29) is 12.2 Å². The second kappa shape index (κ2) is 4.94. The van der Waals surface area contributed by atoms with Crippen molar-refractivity contribution in [3.63, 3.8) is 0 Å². The molecule has 1 unspecified atom stereocenters. The highest BCUT2D eigenvalue weighted by Crippen LogP contribution is 2.22. The standard InChI is InChI=1S/C14H12N2O2/c1-18-14(10-15)7-8-16-12(9-14)13(17)11-5-3-2-4-6-11/h2-8H,9H2,1H3. The summed E-state index contributed by atoms with van der Waals surface area (Å²) in [5, 5.41) is 9.12. The van der Waals surface area contributed by atoms with Crippen LogP contribution >= 0.6 is 0 Å². The number of Topliss-reactive ketones (excluding diaryl/α,β-unsaturated/α-hetero) is 1. The molecule has 18 heavy (non-hydrogen) atoms. The van der Waals surface area contributed by atoms with Crippen LogP contribution in [0.2, 0.25) is 0 Å². The molecule has 4 heteroatoms. The number of hydrogen-bond acceptors (Lipinski definition) is 4. The first-order chi connectivity index (χ1) is 8.71. The summed E-state index contributed by atoms with van der Waals surface area (Å²) in [6, 6.07) is 10.9. The van der Waals surface area contributed by atoms with Crippen LogP contribution in [0.25, 0.3) is 0 Å². The minimum atomic E-state index is -1.08. The van der Waals surface area contributed by atoms with E-state index in [9.17, 15) is 4.79 Å². The van der Waals surface area contributed by atoms with E-state index in [0.29, 0.717) is 11.3 Å². The summed E-state index contributed by atoms with van der Waals surface area (Å²) < 4.78 is 5.16. The van der Waals surface area contributed by atoms with Gasteiger partial charge in [0.15, 0.2) is 5.60 Å². The number of carbonyl (C=O) groups excluding carboxylic acids is 1. The number of ketones is 1. The Hall–Kier alpha value is -2.25. The van der Waals surface area contributed by atoms with Gasteiger partial charge in [0.25, 0.3) is 0 Å². The van der Waals surface area contributed by atoms with Gasteiger partial charge in [-0.3, -0.25) is 9.79 Å². The second-order valence-electron chi connectivity index (χ2n) is 3.97. The highest BCUT2D eigenvalue weighted by atomic mass is 16.5. The average molecular weight is 240 g/mol. The molecule has 4 nitrogen and oxygen atoms in total. The van der Waals surface area contributed by atoms with Gasteiger partial charge < -0.3 is 4.74 Å². The third-order valence-corrected chi connectivity index (χ3v) is 2.86. The topological polar surface area (TPSA) is 62.4 Å². The fraction of sp³-hybridized carbons (Fsp3) is 0.214. The summed E-state index contributed by atoms with van der Waals surface area (Å²) in [6.45, 7) is 0. The summed E-state index contributed by atoms with van der Waals surface area (Å²) >= 11 is 0. The summed E-state index contributed by atoms with van der Waals surface area (Å²) in [5.74, 6) is -0.170. The monoisotopic (exact) mass is 240 g/mol. The molecule has 1 aromatic rings. The molecule has 0 saturated heterocycles. The molecule has 0 bridgehead atoms. The molecule has 1 aromatic carbocycles. The molecule has 0 spiro atoms. The molecule has 0 radical (unpaired) electrons. The normalized spacial score (nSPS) is 22.1. The Kier molecular flexibility index (Phi) is 3.35. The van der Waals surface area contributed by atoms with Gasteiger partial charge in [0.1, 0.15) is 6.07 Å². The lowest BCUT2D eigenvalue weighted by Crippen LogP contribution is -2.34. The number of carbonyl (C=O) groups is 1. The van der Waals surface area contributed by atoms with E-state index in [1.54, 1.807) is 30.3 Å². The highest BCUT2D eigenvalue weighted by Gasteiger charge is 2.33. The van der Waals surface area contributed by atoms with Crippen molar-refractivity contribution in [2.24, 2.45) is 4.99 Å². The third kappa shape index (κ3) is 2.22. The van der Waals surface area contributed by atoms with Crippen LogP contribution in [0.15, 0.2) is 47.6 Å². The number of hydrogen-bond donors (Lipinski definition) is 0. The molecule has 0 amide bonds. The van der Waals surface area contributed by atoms with Crippen LogP contribution in [-0.4, -0.2) is 24.2 Å². The van der Waals surface area contributed by atoms with Gasteiger partial charge in [-0.2, -0.15) is 5.26 Å². The molecule has 1 heterocycles. The van der Waals surface area contributed by atoms with Crippen LogP contribution in [0.3, 0.4) is 0 Å². The quantitative estimate of drug-likeness (QED) is 0.760. The summed E-state index contributed by atoms with van der Waals surface area (Å²) in [7, 11) is 1.45. The Morgan fingerprint density at radius 3 is 2.78 bits per heavy atom. The molecule has 0 fully saturated rings. The van der Waals surface area contributed by atoms with Crippen molar-refractivity contribution in [3.8, 4) is 6.07 Å². The van der Waals surface area contributed by atoms with Crippen molar-refractivity contribution in [2.75, 3.05) is 7.11 Å². The fourth-order valence-corrected chi connectivity index (χ4v) is 1.76. The van der Waals surface area contributed by atoms with Crippen molar-refractivity contribution in [1.29, 1.82) is 5.26 Å². The number of methoxy groups -OCH3 is 1. The molecule has 0 aliphatic carbocycles. The zero-order valence-corrected chi connectivity index (χ0v) is 9.96. The Balaban J connectivity index is 2.27. The van der Waals surface area contributed by atoms with E-state index in [4.69, 9.17) is 10.00 Å². The van der Waals surface area contributed by atoms with Gasteiger partial charge in [-0.15, -0.1) is 0 Å². The van der Waals surface area contributed by atoms with E-state index in [1.165, 1.54) is 13.3 Å². The second-order valence-corrected chi connectivity index (χ2v) is 3.97. The van der Waals surface area contributed by atoms with E-state index >= 15 is 0 Å². The van der Waals surface area contributed by atoms with Crippen LogP contribution in [0.5, 0.6) is 0 Å². The van der Waals surface area contributed by atoms with Gasteiger partial charge in [0.2, 0.25) is 5.78 Å². The van der Waals surface area contributed by atoms with Crippen molar-refractivity contribution in [3.05, 3.63) is 48.2 Å². The Labute approximate surface area is 105 Å². The number of rotatable bonds is 3. The van der Waals surface area contributed by atoms with Gasteiger partial charge in [-0.05, 0) is 6.08 Å². The maximum atomic E-state index is 12.2. The van der Waals surface area contributed by atoms with Gasteiger partial charge in [-0.25, -0.2) is 0 Å². The zero-order valence-electron chi connectivity index (χ0n) is 9.96. The van der Waals surface area contributed by atoms with E-state index in [2.05, 4.69) is 11.1 Å². The molecule has 1 aliphatic heterocycles. The van der Waals surface area contributed by atoms with Gasteiger partial charge in [0, 0.05) is 25.3 Å². The Morgan fingerprint density at radius 2 is 2.17 bits per heavy atom. The predicted molar refractivity (Wildman–Crippen MR) is 67.3 cm³/mol. The van der Waals surface area contributed by atoms with Crippen LogP contribution < -0.4 is 0 Å². The molecule has 0 N–H and O–H groups in total. The smallest absolute Gasteiger partial charge is 0.207 e. The molecular weight excluding hydrogens is 228 g/mol. The zero-order chi connectivity index (χ0) is 13.0. The number of nitriles is 1. The lowest BCUT2D eigenvalue weighted by Gasteiger charge is -2.23. The highest BCUT2D eigenvalue weighted by molar-refractivity contribution is 6.46. The van der Waals surface area contributed by atoms with Crippen LogP contribution in [-0.2, 0) is 4.74 Å². The third-order valence-electron chi connectivity index (χ3n) is 2.86. The first kappa shape index (κ1) is 12.2. The maximum absolute atomic E-state index is 12.2. The number of benzene rings is 1. The van der Waals surface area contributed by atoms with Gasteiger partial charge >= 0.3 is 0 Å². The van der Waals surface area contributed by atoms with E-state index in [1.807, 2.05) is 6.07 Å². The molecule has 1 aliphatic rings. The van der Waals surface area contributed by atoms with E-state index < -0.39 is 5.60 Å². The summed E-state index contributed by atoms with van der Waals surface area (Å²) in [5.41, 5.74) is -0.178. The summed E-state index contributed by atoms with van der Waals surface area (Å²) in [6.07, 6.45) is 3.19. The minimum absolute atomic E-state index is 0.170. The van der Waals surface area contributed by atoms with Gasteiger partial charge in [0.05, 0.1) is 5.71 Å². The largest absolute Gasteiger partial charge is 0.359 e. The fourth-order valence-electron chi connectivity index (χ4n) is 1.76. The number of nitrogens with zero attached hydrogens (tertiary/aromatic N) is 2. The van der Waals surface area contributed by atoms with Crippen LogP contribution in [0.4, 0.5) is 0 Å². The average Bonchev–Trinajstić information content (AvgIpc) is 2.47. The Bertz CT molecular complexity index is 555. The Morgan fingerprint density at radius 1 is 1.44 bits per heavy atom. The van der Waals surface area contributed by atoms with Crippen molar-refractivity contribution in [2.45, 2.75) is 12.0 Å². The lowest BCUT2D eigenvalue weighted by molar-refractivity contribution is 0.0833. The van der Waals surface area contributed by atoms with Gasteiger partial charge in [-0.1, -0.05) is 30.3 Å². The molecule has 0 aromatic heterocycles. The van der Waals surface area contributed by atoms with Crippen molar-refractivity contribution >= 4 is 11.5 Å². The predicted octanol–water partition coefficient (Wildman–Crippen LogP) is 2.14. The summed E-state index contributed by atoms with van der Waals surface area (Å²) in [4.78, 5) is 16.2. The van der Waals surface area contributed by atoms with E-state index in [0.717, 1.165) is 0 Å². The number of ether oxygens (including phenoxy) is 1. The first-order valence-electron chi connectivity index (χ1n) is 5.51. The number of aliphatic imine (C=N–C) groups is 1. The SMILES string of the molecule is COC1(C#N)C=CN=C(C(=O)c2ccccc2)C1. The molecular formula is C14H12N2O2. The maximum Gasteiger partial charge on any atom is 0.207 e. The van der Waals surface area contributed by atoms with Crippen molar-refractivity contribution in [1.82, 2.24) is 0 Å². The molecule has 0 saturated carbocycles. The molecule has 2 rings (SSSR count). The minimum Gasteiger partial charge on any atom is -0.359 e. The molecule has 1 atom stereocenters. The van der Waals surface area contributed by atoms with Crippen LogP contribution in [0.1, 0.15) is 16.8 Å².